The van der Waals surface area contributed by atoms with Crippen LogP contribution < -0.4 is 16.0 Å². The summed E-state index contributed by atoms with van der Waals surface area (Å²) < 4.78 is 5.49. The van der Waals surface area contributed by atoms with E-state index in [0.29, 0.717) is 25.7 Å². The number of urea groups is 1. The monoisotopic (exact) mass is 787 g/mol. The Labute approximate surface area is 329 Å². The van der Waals surface area contributed by atoms with Crippen LogP contribution in [-0.2, 0) is 45.1 Å². The second-order valence-corrected chi connectivity index (χ2v) is 15.8. The van der Waals surface area contributed by atoms with Crippen LogP contribution in [0.1, 0.15) is 78.6 Å². The summed E-state index contributed by atoms with van der Waals surface area (Å²) in [4.78, 5) is 77.7. The van der Waals surface area contributed by atoms with Crippen LogP contribution in [0, 0.1) is 0 Å². The topological polar surface area (TPSA) is 163 Å². The molecule has 0 radical (unpaired) electrons. The minimum atomic E-state index is -1.05. The Bertz CT molecular complexity index is 1840. The fourth-order valence-corrected chi connectivity index (χ4v) is 7.58. The Balaban J connectivity index is 1.30. The number of carbonyl (C=O) groups excluding carboxylic acids is 5. The molecule has 1 aliphatic heterocycles. The highest BCUT2D eigenvalue weighted by atomic mass is 32.1. The van der Waals surface area contributed by atoms with Crippen LogP contribution >= 0.6 is 22.7 Å². The summed E-state index contributed by atoms with van der Waals surface area (Å²) in [5.74, 6) is -0.754. The number of ether oxygens (including phenoxy) is 1. The number of amides is 6. The van der Waals surface area contributed by atoms with Crippen LogP contribution in [0.5, 0.6) is 0 Å². The highest BCUT2D eigenvalue weighted by Crippen LogP contribution is 2.20. The number of nitrogens with zero attached hydrogens (tertiary/aromatic N) is 4. The van der Waals surface area contributed by atoms with Gasteiger partial charge < -0.3 is 25.6 Å². The third-order valence-corrected chi connectivity index (χ3v) is 11.2. The maximum atomic E-state index is 14.2. The first-order valence-corrected chi connectivity index (χ1v) is 20.3. The number of likely N-dealkylation sites (tertiary alicyclic amines) is 1. The van der Waals surface area contributed by atoms with Crippen molar-refractivity contribution in [2.24, 2.45) is 0 Å². The highest BCUT2D eigenvalue weighted by Gasteiger charge is 2.32. The highest BCUT2D eigenvalue weighted by molar-refractivity contribution is 7.09. The number of rotatable bonds is 19. The van der Waals surface area contributed by atoms with Crippen molar-refractivity contribution in [1.29, 1.82) is 0 Å². The minimum Gasteiger partial charge on any atom is -0.444 e. The number of carbonyl (C=O) groups is 5. The van der Waals surface area contributed by atoms with Crippen molar-refractivity contribution in [2.45, 2.75) is 96.0 Å². The van der Waals surface area contributed by atoms with Crippen LogP contribution in [0.2, 0.25) is 0 Å². The number of hydrogen-bond donors (Lipinski definition) is 3. The van der Waals surface area contributed by atoms with Gasteiger partial charge in [-0.25, -0.2) is 14.6 Å². The predicted molar refractivity (Wildman–Crippen MR) is 211 cm³/mol. The van der Waals surface area contributed by atoms with E-state index >= 15 is 0 Å². The van der Waals surface area contributed by atoms with Crippen LogP contribution in [0.3, 0.4) is 0 Å². The lowest BCUT2D eigenvalue weighted by atomic mass is 9.95. The summed E-state index contributed by atoms with van der Waals surface area (Å²) in [6.45, 7) is 4.47. The zero-order valence-corrected chi connectivity index (χ0v) is 33.1. The maximum absolute atomic E-state index is 14.2. The number of nitrogens with one attached hydrogen (secondary N) is 3. The van der Waals surface area contributed by atoms with Crippen molar-refractivity contribution < 1.29 is 28.7 Å². The van der Waals surface area contributed by atoms with E-state index in [1.54, 1.807) is 18.8 Å². The van der Waals surface area contributed by atoms with Crippen molar-refractivity contribution in [3.05, 3.63) is 104 Å². The molecule has 13 nitrogen and oxygen atoms in total. The van der Waals surface area contributed by atoms with Gasteiger partial charge >= 0.3 is 12.1 Å². The van der Waals surface area contributed by atoms with Gasteiger partial charge in [0.1, 0.15) is 12.6 Å². The molecule has 3 atom stereocenters. The van der Waals surface area contributed by atoms with E-state index in [4.69, 9.17) is 4.74 Å². The van der Waals surface area contributed by atoms with Gasteiger partial charge in [0.05, 0.1) is 27.6 Å². The van der Waals surface area contributed by atoms with Crippen molar-refractivity contribution in [2.75, 3.05) is 13.6 Å². The maximum Gasteiger partial charge on any atom is 0.407 e. The average Bonchev–Trinajstić information content (AvgIpc) is 3.94. The standard InChI is InChI=1S/C40H49N7O6S2/c1-27(2)38-43-32(25-54-38)23-46(3)39(51)45-34(18-19-47-35(48)16-17-36(47)49)37(50)42-30(20-28-10-6-4-7-11-28)14-15-31(21-29-12-8-5-9-13-29)44-40(52)53-24-33-22-41-26-55-33/h4-13,22,25-27,30-31,34H,14-21,23-24H2,1-3H3,(H,42,50)(H,44,52)(H,45,51)/t30?,31-,34-/m0/s1. The first kappa shape index (κ1) is 41.0. The molecule has 2 aromatic carbocycles. The number of alkyl carbamates (subject to hydrolysis) is 1. The Kier molecular flexibility index (Phi) is 15.3. The quantitative estimate of drug-likeness (QED) is 0.100. The number of benzene rings is 2. The number of hydrogen-bond acceptors (Lipinski definition) is 10. The summed E-state index contributed by atoms with van der Waals surface area (Å²) in [5.41, 5.74) is 4.46. The van der Waals surface area contributed by atoms with Crippen LogP contribution in [0.25, 0.3) is 0 Å². The molecule has 0 aliphatic carbocycles. The van der Waals surface area contributed by atoms with Gasteiger partial charge in [-0.15, -0.1) is 22.7 Å². The number of thiazole rings is 2. The van der Waals surface area contributed by atoms with Crippen molar-refractivity contribution in [1.82, 2.24) is 35.7 Å². The normalized spacial score (nSPS) is 14.4. The second kappa shape index (κ2) is 20.5. The van der Waals surface area contributed by atoms with Gasteiger partial charge in [0.2, 0.25) is 17.7 Å². The van der Waals surface area contributed by atoms with Crippen molar-refractivity contribution in [3.63, 3.8) is 0 Å². The summed E-state index contributed by atoms with van der Waals surface area (Å²) in [6.07, 6.45) is 3.44. The summed E-state index contributed by atoms with van der Waals surface area (Å²) >= 11 is 2.94. The van der Waals surface area contributed by atoms with E-state index in [2.05, 4.69) is 39.8 Å². The molecule has 1 fully saturated rings. The molecule has 0 spiro atoms. The molecule has 4 aromatic rings. The van der Waals surface area contributed by atoms with Gasteiger partial charge in [0.15, 0.2) is 0 Å². The smallest absolute Gasteiger partial charge is 0.407 e. The van der Waals surface area contributed by atoms with Gasteiger partial charge in [0, 0.05) is 56.0 Å². The first-order chi connectivity index (χ1) is 26.5. The van der Waals surface area contributed by atoms with Gasteiger partial charge in [-0.2, -0.15) is 0 Å². The third-order valence-electron chi connectivity index (χ3n) is 9.23. The van der Waals surface area contributed by atoms with Crippen LogP contribution in [0.4, 0.5) is 9.59 Å². The Hall–Kier alpha value is -5.15. The number of aromatic nitrogens is 2. The molecule has 0 bridgehead atoms. The fraction of sp³-hybridized carbons (Fsp3) is 0.425. The van der Waals surface area contributed by atoms with E-state index in [9.17, 15) is 24.0 Å². The van der Waals surface area contributed by atoms with Crippen molar-refractivity contribution >= 4 is 52.5 Å². The average molecular weight is 788 g/mol. The first-order valence-electron chi connectivity index (χ1n) is 18.5. The molecule has 0 saturated carbocycles. The van der Waals surface area contributed by atoms with Crippen molar-refractivity contribution in [3.8, 4) is 0 Å². The minimum absolute atomic E-state index is 0.000347. The lowest BCUT2D eigenvalue weighted by Gasteiger charge is -2.28. The largest absolute Gasteiger partial charge is 0.444 e. The molecular formula is C40H49N7O6S2. The molecule has 6 amide bonds. The van der Waals surface area contributed by atoms with Crippen LogP contribution in [0.15, 0.2) is 77.8 Å². The molecule has 15 heteroatoms. The molecule has 292 valence electrons. The summed E-state index contributed by atoms with van der Waals surface area (Å²) in [5, 5.41) is 11.9. The zero-order chi connectivity index (χ0) is 39.2. The van der Waals surface area contributed by atoms with E-state index in [-0.39, 0.29) is 68.8 Å². The third kappa shape index (κ3) is 13.0. The molecular weight excluding hydrogens is 739 g/mol. The Morgan fingerprint density at radius 1 is 0.855 bits per heavy atom. The molecule has 5 rings (SSSR count). The number of imide groups is 1. The van der Waals surface area contributed by atoms with E-state index in [1.165, 1.54) is 27.6 Å². The van der Waals surface area contributed by atoms with Crippen LogP contribution in [-0.4, -0.2) is 81.3 Å². The SMILES string of the molecule is CC(C)c1nc(CN(C)C(=O)N[C@@H](CCN2C(=O)CCC2=O)C(=O)NC(CC[C@@H](Cc2ccccc2)NC(=O)OCc2cncs2)Cc2ccccc2)cs1. The van der Waals surface area contributed by atoms with E-state index < -0.39 is 24.1 Å². The second-order valence-electron chi connectivity index (χ2n) is 14.0. The Morgan fingerprint density at radius 3 is 2.04 bits per heavy atom. The molecule has 3 N–H and O–H groups in total. The van der Waals surface area contributed by atoms with E-state index in [0.717, 1.165) is 31.6 Å². The lowest BCUT2D eigenvalue weighted by molar-refractivity contribution is -0.139. The summed E-state index contributed by atoms with van der Waals surface area (Å²) in [7, 11) is 1.63. The zero-order valence-electron chi connectivity index (χ0n) is 31.4. The summed E-state index contributed by atoms with van der Waals surface area (Å²) in [6, 6.07) is 17.3. The molecule has 3 heterocycles. The molecule has 1 unspecified atom stereocenters. The molecule has 1 saturated heterocycles. The lowest BCUT2D eigenvalue weighted by Crippen LogP contribution is -2.53. The fourth-order valence-electron chi connectivity index (χ4n) is 6.24. The molecule has 1 aliphatic rings. The molecule has 2 aromatic heterocycles. The molecule has 55 heavy (non-hydrogen) atoms. The van der Waals surface area contributed by atoms with Gasteiger partial charge in [0.25, 0.3) is 0 Å². The van der Waals surface area contributed by atoms with E-state index in [1.807, 2.05) is 66.0 Å². The Morgan fingerprint density at radius 2 is 1.47 bits per heavy atom. The van der Waals surface area contributed by atoms with Gasteiger partial charge in [-0.1, -0.05) is 74.5 Å². The van der Waals surface area contributed by atoms with Gasteiger partial charge in [-0.3, -0.25) is 24.3 Å². The van der Waals surface area contributed by atoms with Gasteiger partial charge in [-0.05, 0) is 43.2 Å². The predicted octanol–water partition coefficient (Wildman–Crippen LogP) is 5.82.